The van der Waals surface area contributed by atoms with Crippen molar-refractivity contribution < 1.29 is 14.4 Å². The monoisotopic (exact) mass is 294 g/mol. The second kappa shape index (κ2) is 6.65. The molecule has 1 aromatic rings. The maximum absolute atomic E-state index is 12.0. The fourth-order valence-electron chi connectivity index (χ4n) is 2.21. The molecule has 0 N–H and O–H groups in total. The van der Waals surface area contributed by atoms with Gasteiger partial charge in [-0.3, -0.25) is 14.4 Å². The lowest BCUT2D eigenvalue weighted by molar-refractivity contribution is -0.138. The third kappa shape index (κ3) is 3.66. The van der Waals surface area contributed by atoms with Gasteiger partial charge in [0.1, 0.15) is 0 Å². The highest BCUT2D eigenvalue weighted by Crippen LogP contribution is 2.13. The van der Waals surface area contributed by atoms with Crippen LogP contribution in [-0.2, 0) is 9.59 Å². The van der Waals surface area contributed by atoms with E-state index in [1.54, 1.807) is 15.9 Å². The average Bonchev–Trinajstić information content (AvgIpc) is 2.98. The zero-order chi connectivity index (χ0) is 14.5. The highest BCUT2D eigenvalue weighted by molar-refractivity contribution is 7.12. The molecular formula is C14H18N2O3S. The van der Waals surface area contributed by atoms with Gasteiger partial charge in [-0.05, 0) is 11.4 Å². The number of carbonyl (C=O) groups excluding carboxylic acids is 3. The molecule has 6 heteroatoms. The van der Waals surface area contributed by atoms with Gasteiger partial charge >= 0.3 is 0 Å². The molecule has 1 aliphatic heterocycles. The van der Waals surface area contributed by atoms with Crippen molar-refractivity contribution in [2.45, 2.75) is 19.8 Å². The molecule has 0 bridgehead atoms. The van der Waals surface area contributed by atoms with E-state index in [1.165, 1.54) is 18.3 Å². The second-order valence-electron chi connectivity index (χ2n) is 4.79. The van der Waals surface area contributed by atoms with E-state index in [9.17, 15) is 14.4 Å². The van der Waals surface area contributed by atoms with E-state index < -0.39 is 0 Å². The summed E-state index contributed by atoms with van der Waals surface area (Å²) in [5, 5.41) is 1.86. The van der Waals surface area contributed by atoms with Crippen LogP contribution in [0.5, 0.6) is 0 Å². The first-order valence-electron chi connectivity index (χ1n) is 6.68. The first-order chi connectivity index (χ1) is 9.58. The van der Waals surface area contributed by atoms with E-state index in [4.69, 9.17) is 0 Å². The van der Waals surface area contributed by atoms with Crippen LogP contribution in [0.15, 0.2) is 17.5 Å². The second-order valence-corrected chi connectivity index (χ2v) is 5.74. The summed E-state index contributed by atoms with van der Waals surface area (Å²) in [6.07, 6.45) is 0.503. The molecule has 0 spiro atoms. The molecule has 0 aromatic carbocycles. The predicted molar refractivity (Wildman–Crippen MR) is 76.7 cm³/mol. The highest BCUT2D eigenvalue weighted by atomic mass is 32.1. The Hall–Kier alpha value is -1.69. The lowest BCUT2D eigenvalue weighted by Gasteiger charge is -2.34. The van der Waals surface area contributed by atoms with Gasteiger partial charge < -0.3 is 9.80 Å². The zero-order valence-corrected chi connectivity index (χ0v) is 12.3. The summed E-state index contributed by atoms with van der Waals surface area (Å²) >= 11 is 1.40. The van der Waals surface area contributed by atoms with Gasteiger partial charge in [-0.2, -0.15) is 0 Å². The van der Waals surface area contributed by atoms with E-state index in [1.807, 2.05) is 11.4 Å². The van der Waals surface area contributed by atoms with Gasteiger partial charge in [0.15, 0.2) is 5.78 Å². The van der Waals surface area contributed by atoms with Crippen LogP contribution in [0.25, 0.3) is 0 Å². The number of piperazine rings is 1. The maximum atomic E-state index is 12.0. The van der Waals surface area contributed by atoms with Crippen molar-refractivity contribution in [2.24, 2.45) is 0 Å². The molecule has 0 saturated carbocycles. The van der Waals surface area contributed by atoms with E-state index in [2.05, 4.69) is 0 Å². The van der Waals surface area contributed by atoms with Gasteiger partial charge in [0.25, 0.3) is 0 Å². The van der Waals surface area contributed by atoms with Crippen LogP contribution in [0.4, 0.5) is 0 Å². The Balaban J connectivity index is 1.76. The summed E-state index contributed by atoms with van der Waals surface area (Å²) in [6, 6.07) is 3.61. The lowest BCUT2D eigenvalue weighted by atomic mass is 10.1. The minimum absolute atomic E-state index is 0.00175. The van der Waals surface area contributed by atoms with Crippen molar-refractivity contribution in [3.8, 4) is 0 Å². The van der Waals surface area contributed by atoms with Crippen molar-refractivity contribution in [2.75, 3.05) is 26.2 Å². The van der Waals surface area contributed by atoms with Crippen LogP contribution < -0.4 is 0 Å². The number of hydrogen-bond acceptors (Lipinski definition) is 4. The van der Waals surface area contributed by atoms with Crippen molar-refractivity contribution >= 4 is 28.9 Å². The third-order valence-corrected chi connectivity index (χ3v) is 4.35. The molecule has 5 nitrogen and oxygen atoms in total. The molecule has 1 fully saturated rings. The van der Waals surface area contributed by atoms with Crippen molar-refractivity contribution in [1.29, 1.82) is 0 Å². The molecule has 20 heavy (non-hydrogen) atoms. The maximum Gasteiger partial charge on any atom is 0.223 e. The Labute approximate surface area is 122 Å². The molecule has 2 rings (SSSR count). The van der Waals surface area contributed by atoms with Gasteiger partial charge in [0.05, 0.1) is 4.88 Å². The minimum atomic E-state index is -0.00175. The van der Waals surface area contributed by atoms with Gasteiger partial charge in [-0.15, -0.1) is 11.3 Å². The summed E-state index contributed by atoms with van der Waals surface area (Å²) in [5.74, 6) is 0.0683. The Morgan fingerprint density at radius 3 is 2.30 bits per heavy atom. The van der Waals surface area contributed by atoms with Crippen LogP contribution in [0.1, 0.15) is 29.4 Å². The molecule has 1 aromatic heterocycles. The number of ketones is 1. The molecule has 1 saturated heterocycles. The van der Waals surface area contributed by atoms with Crippen LogP contribution in [0.3, 0.4) is 0 Å². The molecular weight excluding hydrogens is 276 g/mol. The fraction of sp³-hybridized carbons (Fsp3) is 0.500. The Morgan fingerprint density at radius 1 is 1.10 bits per heavy atom. The summed E-state index contributed by atoms with van der Waals surface area (Å²) in [5.41, 5.74) is 0. The Morgan fingerprint density at radius 2 is 1.75 bits per heavy atom. The molecule has 0 aliphatic carbocycles. The normalized spacial score (nSPS) is 15.2. The van der Waals surface area contributed by atoms with Gasteiger partial charge in [-0.25, -0.2) is 0 Å². The third-order valence-electron chi connectivity index (χ3n) is 3.44. The van der Waals surface area contributed by atoms with E-state index in [0.29, 0.717) is 31.1 Å². The largest absolute Gasteiger partial charge is 0.339 e. The van der Waals surface area contributed by atoms with Crippen LogP contribution >= 0.6 is 11.3 Å². The first-order valence-corrected chi connectivity index (χ1v) is 7.56. The quantitative estimate of drug-likeness (QED) is 0.789. The SMILES string of the molecule is CC(=O)N1CCN(C(=O)CCC(=O)c2cccs2)CC1. The standard InChI is InChI=1S/C14H18N2O3S/c1-11(17)15-6-8-16(9-7-15)14(19)5-4-12(18)13-3-2-10-20-13/h2-3,10H,4-9H2,1H3. The number of nitrogens with zero attached hydrogens (tertiary/aromatic N) is 2. The Bertz CT molecular complexity index is 491. The van der Waals surface area contributed by atoms with Crippen LogP contribution in [0.2, 0.25) is 0 Å². The van der Waals surface area contributed by atoms with Crippen molar-refractivity contribution in [1.82, 2.24) is 9.80 Å². The molecule has 1 aliphatic rings. The lowest BCUT2D eigenvalue weighted by Crippen LogP contribution is -2.50. The molecule has 0 radical (unpaired) electrons. The van der Waals surface area contributed by atoms with E-state index in [0.717, 1.165) is 0 Å². The highest BCUT2D eigenvalue weighted by Gasteiger charge is 2.22. The molecule has 2 amide bonds. The molecule has 2 heterocycles. The summed E-state index contributed by atoms with van der Waals surface area (Å²) in [6.45, 7) is 3.83. The number of carbonyl (C=O) groups is 3. The van der Waals surface area contributed by atoms with Crippen LogP contribution in [-0.4, -0.2) is 53.6 Å². The average molecular weight is 294 g/mol. The van der Waals surface area contributed by atoms with E-state index in [-0.39, 0.29) is 30.4 Å². The topological polar surface area (TPSA) is 57.7 Å². The Kier molecular flexibility index (Phi) is 4.89. The van der Waals surface area contributed by atoms with Gasteiger partial charge in [0, 0.05) is 45.9 Å². The summed E-state index contributed by atoms with van der Waals surface area (Å²) in [4.78, 5) is 39.2. The van der Waals surface area contributed by atoms with Gasteiger partial charge in [-0.1, -0.05) is 6.07 Å². The van der Waals surface area contributed by atoms with Gasteiger partial charge in [0.2, 0.25) is 11.8 Å². The fourth-order valence-corrected chi connectivity index (χ4v) is 2.90. The minimum Gasteiger partial charge on any atom is -0.339 e. The molecule has 108 valence electrons. The number of amides is 2. The molecule has 0 unspecified atom stereocenters. The predicted octanol–water partition coefficient (Wildman–Crippen LogP) is 1.40. The summed E-state index contributed by atoms with van der Waals surface area (Å²) < 4.78 is 0. The molecule has 0 atom stereocenters. The number of thiophene rings is 1. The van der Waals surface area contributed by atoms with Crippen molar-refractivity contribution in [3.63, 3.8) is 0 Å². The zero-order valence-electron chi connectivity index (χ0n) is 11.5. The number of rotatable bonds is 4. The first kappa shape index (κ1) is 14.7. The number of hydrogen-bond donors (Lipinski definition) is 0. The van der Waals surface area contributed by atoms with Crippen LogP contribution in [0, 0.1) is 0 Å². The summed E-state index contributed by atoms with van der Waals surface area (Å²) in [7, 11) is 0. The van der Waals surface area contributed by atoms with Crippen molar-refractivity contribution in [3.05, 3.63) is 22.4 Å². The number of Topliss-reactive ketones (excluding diaryl/α,β-unsaturated/α-hetero) is 1. The smallest absolute Gasteiger partial charge is 0.223 e. The van der Waals surface area contributed by atoms with E-state index >= 15 is 0 Å².